The van der Waals surface area contributed by atoms with E-state index in [0.717, 1.165) is 5.69 Å². The Balaban J connectivity index is 2.76. The lowest BCUT2D eigenvalue weighted by atomic mass is 10.2. The monoisotopic (exact) mass is 146 g/mol. The summed E-state index contributed by atoms with van der Waals surface area (Å²) in [6.07, 6.45) is 5.09. The molecule has 1 aromatic carbocycles. The van der Waals surface area contributed by atoms with Gasteiger partial charge in [-0.2, -0.15) is 0 Å². The normalized spacial score (nSPS) is 10.0. The molecule has 0 saturated carbocycles. The van der Waals surface area contributed by atoms with Crippen LogP contribution in [0.25, 0.3) is 0 Å². The average molecular weight is 146 g/mol. The maximum absolute atomic E-state index is 7.47. The molecule has 1 rings (SSSR count). The Hall–Kier alpha value is -1.42. The van der Waals surface area contributed by atoms with Gasteiger partial charge >= 0.3 is 0 Å². The standard InChI is InChI=1S/C10H11N/c1-3-8-11-10-6-4-9(2)5-7-10/h1,4-7,11H,8H2,2H3/i/hD. The lowest BCUT2D eigenvalue weighted by Gasteiger charge is -2.01. The van der Waals surface area contributed by atoms with E-state index >= 15 is 0 Å². The fourth-order valence-electron chi connectivity index (χ4n) is 0.787. The van der Waals surface area contributed by atoms with Crippen LogP contribution in [0.5, 0.6) is 0 Å². The number of aryl methyl sites for hydroxylation is 1. The van der Waals surface area contributed by atoms with Crippen molar-refractivity contribution in [1.29, 1.82) is 0 Å². The van der Waals surface area contributed by atoms with Gasteiger partial charge in [0.2, 0.25) is 0 Å². The van der Waals surface area contributed by atoms with Gasteiger partial charge in [-0.15, -0.1) is 6.42 Å². The summed E-state index contributed by atoms with van der Waals surface area (Å²) in [5, 5.41) is 1.29. The van der Waals surface area contributed by atoms with Crippen molar-refractivity contribution in [2.75, 3.05) is 11.9 Å². The lowest BCUT2D eigenvalue weighted by molar-refractivity contribution is 1.36. The van der Waals surface area contributed by atoms with Crippen LogP contribution in [0.1, 0.15) is 5.56 Å². The number of anilines is 1. The van der Waals surface area contributed by atoms with Crippen LogP contribution in [-0.4, -0.2) is 6.54 Å². The summed E-state index contributed by atoms with van der Waals surface area (Å²) in [6.45, 7) is 2.34. The number of nitrogens with one attached hydrogen (secondary N) is 1. The van der Waals surface area contributed by atoms with Crippen molar-refractivity contribution in [2.24, 2.45) is 0 Å². The summed E-state index contributed by atoms with van der Waals surface area (Å²) >= 11 is 0. The van der Waals surface area contributed by atoms with Crippen LogP contribution in [0.3, 0.4) is 0 Å². The molecule has 11 heavy (non-hydrogen) atoms. The summed E-state index contributed by atoms with van der Waals surface area (Å²) in [7, 11) is 0. The highest BCUT2D eigenvalue weighted by molar-refractivity contribution is 5.45. The molecule has 56 valence electrons. The minimum Gasteiger partial charge on any atom is -0.374 e. The van der Waals surface area contributed by atoms with Crippen molar-refractivity contribution in [1.82, 2.24) is 0 Å². The number of hydrogen-bond donors (Lipinski definition) is 1. The zero-order valence-corrected chi connectivity index (χ0v) is 6.54. The third-order valence-electron chi connectivity index (χ3n) is 1.39. The number of hydrogen-bond acceptors (Lipinski definition) is 1. The third-order valence-corrected chi connectivity index (χ3v) is 1.39. The molecule has 0 unspecified atom stereocenters. The zero-order valence-electron chi connectivity index (χ0n) is 7.54. The van der Waals surface area contributed by atoms with Crippen molar-refractivity contribution in [3.63, 3.8) is 0 Å². The van der Waals surface area contributed by atoms with Crippen LogP contribution in [0.2, 0.25) is 1.41 Å². The molecule has 0 bridgehead atoms. The molecule has 0 aliphatic rings. The van der Waals surface area contributed by atoms with E-state index in [2.05, 4.69) is 5.92 Å². The first-order valence-corrected chi connectivity index (χ1v) is 3.50. The third kappa shape index (κ3) is 2.35. The smallest absolute Gasteiger partial charge is 0.161 e. The van der Waals surface area contributed by atoms with Gasteiger partial charge in [-0.25, -0.2) is 0 Å². The predicted molar refractivity (Wildman–Crippen MR) is 48.5 cm³/mol. The first-order valence-electron chi connectivity index (χ1n) is 3.95. The van der Waals surface area contributed by atoms with Gasteiger partial charge in [0.15, 0.2) is 1.41 Å². The zero-order chi connectivity index (χ0) is 8.97. The van der Waals surface area contributed by atoms with Crippen LogP contribution < -0.4 is 5.31 Å². The van der Waals surface area contributed by atoms with E-state index in [-0.39, 0.29) is 0 Å². The number of rotatable bonds is 2. The Morgan fingerprint density at radius 3 is 2.73 bits per heavy atom. The van der Waals surface area contributed by atoms with Crippen molar-refractivity contribution in [3.8, 4) is 12.3 Å². The molecule has 0 atom stereocenters. The molecule has 0 heterocycles. The van der Waals surface area contributed by atoms with E-state index < -0.39 is 0 Å². The second kappa shape index (κ2) is 3.68. The Kier molecular flexibility index (Phi) is 2.11. The molecule has 0 aliphatic heterocycles. The molecule has 0 aromatic heterocycles. The van der Waals surface area contributed by atoms with E-state index in [1.807, 2.05) is 31.2 Å². The topological polar surface area (TPSA) is 12.0 Å². The molecule has 1 heteroatoms. The van der Waals surface area contributed by atoms with Crippen LogP contribution in [0.15, 0.2) is 24.3 Å². The van der Waals surface area contributed by atoms with Gasteiger partial charge in [-0.05, 0) is 19.1 Å². The van der Waals surface area contributed by atoms with E-state index in [1.165, 1.54) is 10.9 Å². The van der Waals surface area contributed by atoms with E-state index in [4.69, 9.17) is 7.84 Å². The highest BCUT2D eigenvalue weighted by atomic mass is 14.8. The van der Waals surface area contributed by atoms with E-state index in [9.17, 15) is 0 Å². The fraction of sp³-hybridized carbons (Fsp3) is 0.200. The molecule has 0 saturated heterocycles. The van der Waals surface area contributed by atoms with Crippen LogP contribution >= 0.6 is 0 Å². The van der Waals surface area contributed by atoms with Crippen molar-refractivity contribution >= 4 is 5.69 Å². The summed E-state index contributed by atoms with van der Waals surface area (Å²) in [5.74, 6) is 2.42. The number of terminal acetylenes is 1. The summed E-state index contributed by atoms with van der Waals surface area (Å²) in [5.41, 5.74) is 2.02. The molecule has 1 aromatic rings. The van der Waals surface area contributed by atoms with Gasteiger partial charge in [0.25, 0.3) is 0 Å². The van der Waals surface area contributed by atoms with Crippen LogP contribution in [0, 0.1) is 19.3 Å². The van der Waals surface area contributed by atoms with E-state index in [0.29, 0.717) is 6.54 Å². The van der Waals surface area contributed by atoms with Gasteiger partial charge < -0.3 is 5.31 Å². The molecule has 1 nitrogen and oxygen atoms in total. The van der Waals surface area contributed by atoms with Gasteiger partial charge in [-0.3, -0.25) is 0 Å². The van der Waals surface area contributed by atoms with Gasteiger partial charge in [0.05, 0.1) is 6.54 Å². The van der Waals surface area contributed by atoms with E-state index in [1.54, 1.807) is 0 Å². The first-order chi connectivity index (χ1) is 5.74. The second-order valence-electron chi connectivity index (χ2n) is 2.36. The van der Waals surface area contributed by atoms with Crippen LogP contribution in [0.4, 0.5) is 5.69 Å². The highest BCUT2D eigenvalue weighted by Gasteiger charge is 1.86. The van der Waals surface area contributed by atoms with Crippen molar-refractivity contribution < 1.29 is 1.41 Å². The number of benzene rings is 1. The molecule has 0 aliphatic carbocycles. The summed E-state index contributed by atoms with van der Waals surface area (Å²) in [6, 6.07) is 7.71. The van der Waals surface area contributed by atoms with Gasteiger partial charge in [0, 0.05) is 5.69 Å². The minimum atomic E-state index is 0.322. The van der Waals surface area contributed by atoms with Crippen molar-refractivity contribution in [2.45, 2.75) is 6.92 Å². The maximum Gasteiger partial charge on any atom is 0.161 e. The average Bonchev–Trinajstić information content (AvgIpc) is 2.06. The Morgan fingerprint density at radius 2 is 2.18 bits per heavy atom. The Morgan fingerprint density at radius 1 is 1.55 bits per heavy atom. The Labute approximate surface area is 68.9 Å². The van der Waals surface area contributed by atoms with Gasteiger partial charge in [0.1, 0.15) is 0 Å². The highest BCUT2D eigenvalue weighted by Crippen LogP contribution is 2.07. The predicted octanol–water partition coefficient (Wildman–Crippen LogP) is 2.04. The molecule has 0 radical (unpaired) electrons. The maximum atomic E-state index is 7.47. The molecular formula is C10H11N. The van der Waals surface area contributed by atoms with Crippen molar-refractivity contribution in [3.05, 3.63) is 29.8 Å². The molecule has 1 N–H and O–H groups in total. The minimum absolute atomic E-state index is 0.322. The molecule has 0 fully saturated rings. The summed E-state index contributed by atoms with van der Waals surface area (Å²) in [4.78, 5) is 0. The molecule has 0 spiro atoms. The first kappa shape index (κ1) is 6.30. The second-order valence-corrected chi connectivity index (χ2v) is 2.36. The van der Waals surface area contributed by atoms with Gasteiger partial charge in [-0.1, -0.05) is 23.6 Å². The quantitative estimate of drug-likeness (QED) is 0.629. The fourth-order valence-corrected chi connectivity index (χ4v) is 0.787. The molecule has 0 amide bonds. The lowest BCUT2D eigenvalue weighted by Crippen LogP contribution is -1.97. The van der Waals surface area contributed by atoms with Crippen LogP contribution in [-0.2, 0) is 0 Å². The molecular weight excluding hydrogens is 134 g/mol. The summed E-state index contributed by atoms with van der Waals surface area (Å²) < 4.78 is 7.47. The SMILES string of the molecule is [2H]N(CC#C)c1ccc(C)cc1. The largest absolute Gasteiger partial charge is 0.374 e. The Bertz CT molecular complexity index is 284.